The molecule has 2 aromatic rings. The predicted molar refractivity (Wildman–Crippen MR) is 99.1 cm³/mol. The van der Waals surface area contributed by atoms with Crippen molar-refractivity contribution in [2.24, 2.45) is 5.10 Å². The van der Waals surface area contributed by atoms with Gasteiger partial charge in [0.2, 0.25) is 6.10 Å². The summed E-state index contributed by atoms with van der Waals surface area (Å²) in [5.74, 6) is 0.932. The minimum Gasteiger partial charge on any atom is -0.504 e. The molecular formula is C18H17BrN2O5. The largest absolute Gasteiger partial charge is 0.504 e. The van der Waals surface area contributed by atoms with Crippen LogP contribution in [-0.4, -0.2) is 36.5 Å². The lowest BCUT2D eigenvalue weighted by atomic mass is 10.2. The third-order valence-electron chi connectivity index (χ3n) is 3.55. The number of benzene rings is 2. The fourth-order valence-corrected chi connectivity index (χ4v) is 2.80. The number of ether oxygens (including phenoxy) is 3. The first-order valence-corrected chi connectivity index (χ1v) is 8.74. The average molecular weight is 421 g/mol. The third kappa shape index (κ3) is 4.08. The van der Waals surface area contributed by atoms with Crippen molar-refractivity contribution in [2.75, 3.05) is 13.2 Å². The number of hydrogen-bond acceptors (Lipinski definition) is 6. The molecule has 0 saturated heterocycles. The van der Waals surface area contributed by atoms with E-state index < -0.39 is 12.0 Å². The Morgan fingerprint density at radius 1 is 1.42 bits per heavy atom. The number of carbonyl (C=O) groups is 1. The Morgan fingerprint density at radius 2 is 2.19 bits per heavy atom. The van der Waals surface area contributed by atoms with Crippen molar-refractivity contribution >= 4 is 28.1 Å². The zero-order valence-corrected chi connectivity index (χ0v) is 15.5. The van der Waals surface area contributed by atoms with Gasteiger partial charge < -0.3 is 19.3 Å². The van der Waals surface area contributed by atoms with Crippen molar-refractivity contribution in [1.29, 1.82) is 0 Å². The molecule has 1 aliphatic heterocycles. The zero-order valence-electron chi connectivity index (χ0n) is 13.9. The predicted octanol–water partition coefficient (Wildman–Crippen LogP) is 2.84. The first kappa shape index (κ1) is 18.1. The van der Waals surface area contributed by atoms with Crippen LogP contribution in [0.1, 0.15) is 12.5 Å². The number of carbonyl (C=O) groups excluding carboxylic acids is 1. The lowest BCUT2D eigenvalue weighted by Crippen LogP contribution is -2.42. The number of phenols is 1. The van der Waals surface area contributed by atoms with Crippen molar-refractivity contribution in [3.8, 4) is 23.0 Å². The van der Waals surface area contributed by atoms with Gasteiger partial charge in [-0.15, -0.1) is 0 Å². The Hall–Kier alpha value is -2.74. The summed E-state index contributed by atoms with van der Waals surface area (Å²) >= 11 is 3.34. The molecule has 2 aromatic carbocycles. The number of para-hydroxylation sites is 2. The maximum atomic E-state index is 12.2. The second-order valence-electron chi connectivity index (χ2n) is 5.37. The number of rotatable bonds is 5. The molecule has 7 nitrogen and oxygen atoms in total. The van der Waals surface area contributed by atoms with Crippen LogP contribution in [0.5, 0.6) is 23.0 Å². The zero-order chi connectivity index (χ0) is 18.5. The van der Waals surface area contributed by atoms with Gasteiger partial charge >= 0.3 is 0 Å². The summed E-state index contributed by atoms with van der Waals surface area (Å²) in [7, 11) is 0. The molecule has 1 atom stereocenters. The van der Waals surface area contributed by atoms with E-state index in [9.17, 15) is 9.90 Å². The van der Waals surface area contributed by atoms with Crippen molar-refractivity contribution in [3.05, 3.63) is 46.4 Å². The highest BCUT2D eigenvalue weighted by Crippen LogP contribution is 2.33. The van der Waals surface area contributed by atoms with Crippen LogP contribution in [0.25, 0.3) is 0 Å². The molecule has 0 aromatic heterocycles. The van der Waals surface area contributed by atoms with E-state index in [1.807, 2.05) is 13.0 Å². The second kappa shape index (κ2) is 8.09. The Balaban J connectivity index is 1.65. The van der Waals surface area contributed by atoms with Crippen molar-refractivity contribution < 1.29 is 24.1 Å². The molecule has 1 amide bonds. The van der Waals surface area contributed by atoms with E-state index in [-0.39, 0.29) is 12.4 Å². The van der Waals surface area contributed by atoms with E-state index in [0.717, 1.165) is 0 Å². The number of halogens is 1. The van der Waals surface area contributed by atoms with Crippen LogP contribution >= 0.6 is 15.9 Å². The Bertz CT molecular complexity index is 840. The maximum Gasteiger partial charge on any atom is 0.284 e. The normalized spacial score (nSPS) is 15.7. The summed E-state index contributed by atoms with van der Waals surface area (Å²) in [4.78, 5) is 12.2. The lowest BCUT2D eigenvalue weighted by molar-refractivity contribution is -0.130. The topological polar surface area (TPSA) is 89.4 Å². The number of nitrogens with one attached hydrogen (secondary N) is 1. The van der Waals surface area contributed by atoms with Crippen LogP contribution < -0.4 is 19.6 Å². The molecule has 0 spiro atoms. The van der Waals surface area contributed by atoms with Gasteiger partial charge in [-0.2, -0.15) is 5.10 Å². The SMILES string of the molecule is CCOc1cc(Br)cc(/C=N/NC(=O)C2COc3ccccc3O2)c1O. The second-order valence-corrected chi connectivity index (χ2v) is 6.29. The number of nitrogens with zero attached hydrogens (tertiary/aromatic N) is 1. The minimum atomic E-state index is -0.808. The summed E-state index contributed by atoms with van der Waals surface area (Å²) in [6.07, 6.45) is 0.523. The van der Waals surface area contributed by atoms with Crippen molar-refractivity contribution in [3.63, 3.8) is 0 Å². The number of hydrogen-bond donors (Lipinski definition) is 2. The van der Waals surface area contributed by atoms with E-state index in [1.165, 1.54) is 6.21 Å². The van der Waals surface area contributed by atoms with Crippen molar-refractivity contribution in [1.82, 2.24) is 5.43 Å². The molecule has 3 rings (SSSR count). The van der Waals surface area contributed by atoms with E-state index in [0.29, 0.717) is 33.9 Å². The van der Waals surface area contributed by atoms with Gasteiger partial charge in [-0.25, -0.2) is 5.43 Å². The summed E-state index contributed by atoms with van der Waals surface area (Å²) < 4.78 is 17.2. The Labute approximate surface area is 158 Å². The summed E-state index contributed by atoms with van der Waals surface area (Å²) in [5.41, 5.74) is 2.79. The fraction of sp³-hybridized carbons (Fsp3) is 0.222. The number of aromatic hydroxyl groups is 1. The highest BCUT2D eigenvalue weighted by molar-refractivity contribution is 9.10. The molecule has 0 radical (unpaired) electrons. The number of phenolic OH excluding ortho intramolecular Hbond substituents is 1. The van der Waals surface area contributed by atoms with Gasteiger partial charge in [-0.05, 0) is 31.2 Å². The first-order chi connectivity index (χ1) is 12.6. The van der Waals surface area contributed by atoms with Gasteiger partial charge in [-0.3, -0.25) is 4.79 Å². The highest BCUT2D eigenvalue weighted by atomic mass is 79.9. The molecule has 1 unspecified atom stereocenters. The third-order valence-corrected chi connectivity index (χ3v) is 4.01. The lowest BCUT2D eigenvalue weighted by Gasteiger charge is -2.24. The standard InChI is InChI=1S/C18H17BrN2O5/c1-2-24-15-8-12(19)7-11(17(15)22)9-20-21-18(23)16-10-25-13-5-3-4-6-14(13)26-16/h3-9,16,22H,2,10H2,1H3,(H,21,23)/b20-9+. The van der Waals surface area contributed by atoms with Crippen LogP contribution in [0.15, 0.2) is 46.0 Å². The molecule has 26 heavy (non-hydrogen) atoms. The van der Waals surface area contributed by atoms with Crippen LogP contribution in [0.2, 0.25) is 0 Å². The number of hydrazone groups is 1. The summed E-state index contributed by atoms with van der Waals surface area (Å²) in [5, 5.41) is 14.1. The average Bonchev–Trinajstić information content (AvgIpc) is 2.65. The number of fused-ring (bicyclic) bond motifs is 1. The summed E-state index contributed by atoms with van der Waals surface area (Å²) in [6.45, 7) is 2.32. The highest BCUT2D eigenvalue weighted by Gasteiger charge is 2.27. The van der Waals surface area contributed by atoms with E-state index in [4.69, 9.17) is 14.2 Å². The van der Waals surface area contributed by atoms with Gasteiger partial charge in [0, 0.05) is 10.0 Å². The maximum absolute atomic E-state index is 12.2. The Morgan fingerprint density at radius 3 is 2.96 bits per heavy atom. The van der Waals surface area contributed by atoms with Gasteiger partial charge in [0.05, 0.1) is 12.8 Å². The van der Waals surface area contributed by atoms with Crippen LogP contribution in [-0.2, 0) is 4.79 Å². The van der Waals surface area contributed by atoms with Gasteiger partial charge in [0.25, 0.3) is 5.91 Å². The molecule has 8 heteroatoms. The van der Waals surface area contributed by atoms with Gasteiger partial charge in [0.1, 0.15) is 6.61 Å². The molecule has 0 saturated carbocycles. The Kier molecular flexibility index (Phi) is 5.62. The summed E-state index contributed by atoms with van der Waals surface area (Å²) in [6, 6.07) is 10.4. The number of amides is 1. The molecular weight excluding hydrogens is 404 g/mol. The first-order valence-electron chi connectivity index (χ1n) is 7.95. The smallest absolute Gasteiger partial charge is 0.284 e. The van der Waals surface area contributed by atoms with E-state index in [1.54, 1.807) is 30.3 Å². The van der Waals surface area contributed by atoms with E-state index >= 15 is 0 Å². The minimum absolute atomic E-state index is 0.0563. The quantitative estimate of drug-likeness (QED) is 0.573. The van der Waals surface area contributed by atoms with Crippen LogP contribution in [0.3, 0.4) is 0 Å². The molecule has 136 valence electrons. The monoisotopic (exact) mass is 420 g/mol. The van der Waals surface area contributed by atoms with Gasteiger partial charge in [0.15, 0.2) is 23.0 Å². The molecule has 0 bridgehead atoms. The van der Waals surface area contributed by atoms with Crippen LogP contribution in [0, 0.1) is 0 Å². The fourth-order valence-electron chi connectivity index (χ4n) is 2.34. The van der Waals surface area contributed by atoms with Gasteiger partial charge in [-0.1, -0.05) is 28.1 Å². The molecule has 1 aliphatic rings. The van der Waals surface area contributed by atoms with E-state index in [2.05, 4.69) is 26.5 Å². The molecule has 1 heterocycles. The van der Waals surface area contributed by atoms with Crippen LogP contribution in [0.4, 0.5) is 0 Å². The molecule has 0 aliphatic carbocycles. The van der Waals surface area contributed by atoms with Crippen molar-refractivity contribution in [2.45, 2.75) is 13.0 Å². The molecule has 2 N–H and O–H groups in total. The molecule has 0 fully saturated rings.